The highest BCUT2D eigenvalue weighted by atomic mass is 16.7. The lowest BCUT2D eigenvalue weighted by Gasteiger charge is -2.39. The molecule has 0 aliphatic carbocycles. The van der Waals surface area contributed by atoms with Crippen molar-refractivity contribution in [3.8, 4) is 0 Å². The van der Waals surface area contributed by atoms with Crippen molar-refractivity contribution in [1.29, 1.82) is 0 Å². The lowest BCUT2D eigenvalue weighted by atomic mass is 9.91. The second-order valence-electron chi connectivity index (χ2n) is 4.29. The van der Waals surface area contributed by atoms with E-state index in [0.717, 1.165) is 12.8 Å². The Hall–Kier alpha value is -0.160. The fraction of sp³-hybridized carbons (Fsp3) is 1.00. The molecule has 78 valence electrons. The molecule has 4 nitrogen and oxygen atoms in total. The number of hydrogen-bond donors (Lipinski definition) is 2. The van der Waals surface area contributed by atoms with Crippen LogP contribution in [0.15, 0.2) is 0 Å². The van der Waals surface area contributed by atoms with Gasteiger partial charge in [0.1, 0.15) is 0 Å². The van der Waals surface area contributed by atoms with Gasteiger partial charge in [0.15, 0.2) is 6.29 Å². The second kappa shape index (κ2) is 3.92. The number of ether oxygens (including phenoxy) is 2. The highest BCUT2D eigenvalue weighted by Crippen LogP contribution is 2.24. The van der Waals surface area contributed by atoms with Gasteiger partial charge in [0.05, 0.1) is 12.1 Å². The summed E-state index contributed by atoms with van der Waals surface area (Å²) in [6, 6.07) is -0.0244. The van der Waals surface area contributed by atoms with Crippen LogP contribution in [0.4, 0.5) is 0 Å². The summed E-state index contributed by atoms with van der Waals surface area (Å²) in [7, 11) is 1.61. The Morgan fingerprint density at radius 3 is 2.46 bits per heavy atom. The molecule has 1 unspecified atom stereocenters. The van der Waals surface area contributed by atoms with E-state index in [1.165, 1.54) is 0 Å². The molecule has 1 rings (SSSR count). The van der Waals surface area contributed by atoms with Gasteiger partial charge in [0, 0.05) is 12.6 Å². The summed E-state index contributed by atoms with van der Waals surface area (Å²) >= 11 is 0. The van der Waals surface area contributed by atoms with Crippen LogP contribution in [0.25, 0.3) is 0 Å². The van der Waals surface area contributed by atoms with E-state index >= 15 is 0 Å². The third-order valence-corrected chi connectivity index (χ3v) is 2.47. The van der Waals surface area contributed by atoms with Crippen molar-refractivity contribution in [2.24, 2.45) is 11.5 Å². The van der Waals surface area contributed by atoms with Gasteiger partial charge in [-0.3, -0.25) is 0 Å². The Balaban J connectivity index is 2.55. The van der Waals surface area contributed by atoms with Crippen LogP contribution in [0.5, 0.6) is 0 Å². The van der Waals surface area contributed by atoms with E-state index in [1.807, 2.05) is 13.8 Å². The average Bonchev–Trinajstić information content (AvgIpc) is 2.03. The van der Waals surface area contributed by atoms with Crippen LogP contribution in [0, 0.1) is 0 Å². The van der Waals surface area contributed by atoms with Gasteiger partial charge in [-0.05, 0) is 26.7 Å². The summed E-state index contributed by atoms with van der Waals surface area (Å²) in [5.74, 6) is 0. The van der Waals surface area contributed by atoms with Gasteiger partial charge in [0.25, 0.3) is 0 Å². The standard InChI is InChI=1S/C9H20N2O2/c1-9(2,11)7-5-4-6(10)8(12-3)13-7/h6-8H,4-5,10-11H2,1-3H3/t6-,7?,8+/m1/s1. The first-order chi connectivity index (χ1) is 5.95. The normalized spacial score (nSPS) is 36.2. The van der Waals surface area contributed by atoms with E-state index in [9.17, 15) is 0 Å². The molecule has 1 aliphatic rings. The molecule has 4 heteroatoms. The van der Waals surface area contributed by atoms with E-state index in [1.54, 1.807) is 7.11 Å². The van der Waals surface area contributed by atoms with E-state index in [-0.39, 0.29) is 24.0 Å². The third-order valence-electron chi connectivity index (χ3n) is 2.47. The van der Waals surface area contributed by atoms with Gasteiger partial charge in [0.2, 0.25) is 0 Å². The number of nitrogens with two attached hydrogens (primary N) is 2. The van der Waals surface area contributed by atoms with Crippen molar-refractivity contribution >= 4 is 0 Å². The van der Waals surface area contributed by atoms with E-state index < -0.39 is 0 Å². The number of rotatable bonds is 2. The van der Waals surface area contributed by atoms with E-state index in [0.29, 0.717) is 0 Å². The first-order valence-corrected chi connectivity index (χ1v) is 4.68. The average molecular weight is 188 g/mol. The summed E-state index contributed by atoms with van der Waals surface area (Å²) in [5.41, 5.74) is 11.4. The van der Waals surface area contributed by atoms with Crippen LogP contribution in [-0.4, -0.2) is 31.1 Å². The maximum atomic E-state index is 5.95. The molecular formula is C9H20N2O2. The SMILES string of the molecule is CO[C@H]1OC(C(C)(C)N)CC[C@H]1N. The zero-order chi connectivity index (χ0) is 10.1. The monoisotopic (exact) mass is 188 g/mol. The van der Waals surface area contributed by atoms with Crippen molar-refractivity contribution in [2.75, 3.05) is 7.11 Å². The van der Waals surface area contributed by atoms with Gasteiger partial charge in [-0.1, -0.05) is 0 Å². The molecule has 1 aliphatic heterocycles. The molecule has 13 heavy (non-hydrogen) atoms. The second-order valence-corrected chi connectivity index (χ2v) is 4.29. The van der Waals surface area contributed by atoms with E-state index in [2.05, 4.69) is 0 Å². The van der Waals surface area contributed by atoms with Crippen molar-refractivity contribution in [3.05, 3.63) is 0 Å². The van der Waals surface area contributed by atoms with Crippen LogP contribution >= 0.6 is 0 Å². The Kier molecular flexibility index (Phi) is 3.29. The van der Waals surface area contributed by atoms with Crippen molar-refractivity contribution in [1.82, 2.24) is 0 Å². The molecule has 4 N–H and O–H groups in total. The zero-order valence-corrected chi connectivity index (χ0v) is 8.62. The Morgan fingerprint density at radius 2 is 2.00 bits per heavy atom. The highest BCUT2D eigenvalue weighted by molar-refractivity contribution is 4.88. The first kappa shape index (κ1) is 10.9. The lowest BCUT2D eigenvalue weighted by Crippen LogP contribution is -2.55. The van der Waals surface area contributed by atoms with Crippen LogP contribution in [-0.2, 0) is 9.47 Å². The Labute approximate surface area is 79.6 Å². The lowest BCUT2D eigenvalue weighted by molar-refractivity contribution is -0.201. The summed E-state index contributed by atoms with van der Waals surface area (Å²) in [6.07, 6.45) is 1.55. The fourth-order valence-electron chi connectivity index (χ4n) is 1.59. The highest BCUT2D eigenvalue weighted by Gasteiger charge is 2.35. The minimum Gasteiger partial charge on any atom is -0.354 e. The topological polar surface area (TPSA) is 70.5 Å². The minimum absolute atomic E-state index is 0.0244. The molecule has 0 radical (unpaired) electrons. The van der Waals surface area contributed by atoms with Crippen LogP contribution < -0.4 is 11.5 Å². The van der Waals surface area contributed by atoms with Gasteiger partial charge in [-0.2, -0.15) is 0 Å². The van der Waals surface area contributed by atoms with Crippen LogP contribution in [0.2, 0.25) is 0 Å². The number of methoxy groups -OCH3 is 1. The van der Waals surface area contributed by atoms with E-state index in [4.69, 9.17) is 20.9 Å². The molecule has 0 amide bonds. The Bertz CT molecular complexity index is 167. The summed E-state index contributed by atoms with van der Waals surface area (Å²) in [6.45, 7) is 3.92. The van der Waals surface area contributed by atoms with Crippen LogP contribution in [0.3, 0.4) is 0 Å². The predicted molar refractivity (Wildman–Crippen MR) is 51.1 cm³/mol. The maximum absolute atomic E-state index is 5.95. The zero-order valence-electron chi connectivity index (χ0n) is 8.62. The largest absolute Gasteiger partial charge is 0.354 e. The molecule has 0 saturated carbocycles. The smallest absolute Gasteiger partial charge is 0.172 e. The third kappa shape index (κ3) is 2.64. The molecule has 1 saturated heterocycles. The van der Waals surface area contributed by atoms with Gasteiger partial charge < -0.3 is 20.9 Å². The molecule has 1 fully saturated rings. The molecule has 0 aromatic rings. The molecule has 0 aromatic carbocycles. The van der Waals surface area contributed by atoms with Crippen LogP contribution in [0.1, 0.15) is 26.7 Å². The first-order valence-electron chi connectivity index (χ1n) is 4.68. The van der Waals surface area contributed by atoms with Crippen molar-refractivity contribution in [3.63, 3.8) is 0 Å². The number of hydrogen-bond acceptors (Lipinski definition) is 4. The maximum Gasteiger partial charge on any atom is 0.172 e. The summed E-state index contributed by atoms with van der Waals surface area (Å²) in [5, 5.41) is 0. The Morgan fingerprint density at radius 1 is 1.38 bits per heavy atom. The summed E-state index contributed by atoms with van der Waals surface area (Å²) in [4.78, 5) is 0. The quantitative estimate of drug-likeness (QED) is 0.649. The molecule has 0 spiro atoms. The molecule has 3 atom stereocenters. The van der Waals surface area contributed by atoms with Crippen molar-refractivity contribution in [2.45, 2.75) is 50.7 Å². The summed E-state index contributed by atoms with van der Waals surface area (Å²) < 4.78 is 10.8. The molecular weight excluding hydrogens is 168 g/mol. The fourth-order valence-corrected chi connectivity index (χ4v) is 1.59. The molecule has 1 heterocycles. The molecule has 0 aromatic heterocycles. The van der Waals surface area contributed by atoms with Gasteiger partial charge in [-0.15, -0.1) is 0 Å². The van der Waals surface area contributed by atoms with Gasteiger partial charge >= 0.3 is 0 Å². The van der Waals surface area contributed by atoms with Crippen molar-refractivity contribution < 1.29 is 9.47 Å². The predicted octanol–water partition coefficient (Wildman–Crippen LogP) is 0.203. The minimum atomic E-state index is -0.322. The molecule has 0 bridgehead atoms. The van der Waals surface area contributed by atoms with Gasteiger partial charge in [-0.25, -0.2) is 0 Å².